The van der Waals surface area contributed by atoms with Gasteiger partial charge in [-0.25, -0.2) is 4.99 Å². The number of anilines is 1. The van der Waals surface area contributed by atoms with Crippen molar-refractivity contribution >= 4 is 34.7 Å². The summed E-state index contributed by atoms with van der Waals surface area (Å²) in [6.07, 6.45) is 2.05. The van der Waals surface area contributed by atoms with E-state index >= 15 is 0 Å². The molecule has 0 saturated carbocycles. The first-order chi connectivity index (χ1) is 14.5. The number of nitrogens with zero attached hydrogens (tertiary/aromatic N) is 2. The number of aliphatic imine (C=N–C) groups is 1. The Morgan fingerprint density at radius 1 is 1.27 bits per heavy atom. The fourth-order valence-corrected chi connectivity index (χ4v) is 3.57. The number of hydrogen-bond acceptors (Lipinski definition) is 4. The molecule has 2 atom stereocenters. The molecule has 0 aliphatic carbocycles. The van der Waals surface area contributed by atoms with Crippen molar-refractivity contribution in [1.29, 1.82) is 5.41 Å². The summed E-state index contributed by atoms with van der Waals surface area (Å²) in [5.74, 6) is 0.919. The van der Waals surface area contributed by atoms with Gasteiger partial charge in [-0.05, 0) is 62.5 Å². The van der Waals surface area contributed by atoms with E-state index in [1.54, 1.807) is 0 Å². The minimum Gasteiger partial charge on any atom is -0.395 e. The van der Waals surface area contributed by atoms with Crippen molar-refractivity contribution in [3.8, 4) is 0 Å². The number of aromatic nitrogens is 1. The molecule has 5 N–H and O–H groups in total. The molecule has 0 spiro atoms. The Morgan fingerprint density at radius 3 is 2.57 bits per heavy atom. The van der Waals surface area contributed by atoms with Gasteiger partial charge < -0.3 is 30.4 Å². The molecule has 30 heavy (non-hydrogen) atoms. The number of H-pyrrole nitrogens is 1. The summed E-state index contributed by atoms with van der Waals surface area (Å²) in [6, 6.07) is 11.2. The van der Waals surface area contributed by atoms with Crippen molar-refractivity contribution in [1.82, 2.24) is 15.2 Å². The molecule has 0 radical (unpaired) electrons. The molecule has 8 nitrogen and oxygen atoms in total. The maximum Gasteiger partial charge on any atom is 0.170 e. The largest absolute Gasteiger partial charge is 0.395 e. The van der Waals surface area contributed by atoms with E-state index in [4.69, 9.17) is 27.5 Å². The van der Waals surface area contributed by atoms with Crippen molar-refractivity contribution in [2.45, 2.75) is 26.1 Å². The van der Waals surface area contributed by atoms with Crippen LogP contribution in [0.4, 0.5) is 5.69 Å². The number of nitrogens with one attached hydrogen (secondary N) is 4. The van der Waals surface area contributed by atoms with Gasteiger partial charge in [0.2, 0.25) is 0 Å². The Bertz CT molecular complexity index is 871. The van der Waals surface area contributed by atoms with Crippen molar-refractivity contribution in [2.24, 2.45) is 4.99 Å². The number of benzene rings is 1. The second-order valence-corrected chi connectivity index (χ2v) is 7.62. The van der Waals surface area contributed by atoms with Crippen LogP contribution in [0.25, 0.3) is 0 Å². The van der Waals surface area contributed by atoms with Crippen LogP contribution in [0.15, 0.2) is 47.6 Å². The molecule has 0 bridgehead atoms. The van der Waals surface area contributed by atoms with Gasteiger partial charge in [0.1, 0.15) is 0 Å². The van der Waals surface area contributed by atoms with Gasteiger partial charge in [-0.15, -0.1) is 0 Å². The Morgan fingerprint density at radius 2 is 1.97 bits per heavy atom. The standard InChI is InChI=1S/C21H28N6O2S/c1-14-12-27(13-15(2)29-14)20(18-4-3-9-23-18)26-19(22)16-5-7-17(8-6-16)25-21(30)24-10-11-28/h3-9,14-15,22-23,28H,10-13H2,1-2H3,(H2,24,25,30)/t14-,15+. The van der Waals surface area contributed by atoms with Gasteiger partial charge in [0.15, 0.2) is 16.8 Å². The number of aliphatic hydroxyl groups is 1. The quantitative estimate of drug-likeness (QED) is 0.284. The Balaban J connectivity index is 1.76. The van der Waals surface area contributed by atoms with E-state index in [1.165, 1.54) is 0 Å². The number of amidine groups is 2. The van der Waals surface area contributed by atoms with Crippen LogP contribution in [0, 0.1) is 5.41 Å². The summed E-state index contributed by atoms with van der Waals surface area (Å²) in [4.78, 5) is 10.0. The highest BCUT2D eigenvalue weighted by Gasteiger charge is 2.26. The van der Waals surface area contributed by atoms with Gasteiger partial charge >= 0.3 is 0 Å². The van der Waals surface area contributed by atoms with E-state index in [9.17, 15) is 0 Å². The first kappa shape index (κ1) is 21.9. The summed E-state index contributed by atoms with van der Waals surface area (Å²) in [5.41, 5.74) is 2.37. The molecule has 9 heteroatoms. The van der Waals surface area contributed by atoms with Crippen LogP contribution in [0.3, 0.4) is 0 Å². The first-order valence-corrected chi connectivity index (χ1v) is 10.3. The topological polar surface area (TPSA) is 109 Å². The number of hydrogen-bond donors (Lipinski definition) is 5. The van der Waals surface area contributed by atoms with Gasteiger partial charge in [0.25, 0.3) is 0 Å². The van der Waals surface area contributed by atoms with Crippen molar-refractivity contribution < 1.29 is 9.84 Å². The first-order valence-electron chi connectivity index (χ1n) is 9.94. The van der Waals surface area contributed by atoms with E-state index in [2.05, 4.69) is 25.5 Å². The Labute approximate surface area is 181 Å². The van der Waals surface area contributed by atoms with Crippen LogP contribution in [0.2, 0.25) is 0 Å². The average molecular weight is 429 g/mol. The molecular formula is C21H28N6O2S. The third kappa shape index (κ3) is 5.88. The highest BCUT2D eigenvalue weighted by molar-refractivity contribution is 7.80. The molecule has 1 aromatic heterocycles. The molecule has 1 aliphatic heterocycles. The van der Waals surface area contributed by atoms with E-state index in [0.29, 0.717) is 17.2 Å². The van der Waals surface area contributed by atoms with Crippen LogP contribution >= 0.6 is 12.2 Å². The summed E-state index contributed by atoms with van der Waals surface area (Å²) in [6.45, 7) is 5.94. The van der Waals surface area contributed by atoms with E-state index in [1.807, 2.05) is 56.4 Å². The van der Waals surface area contributed by atoms with Gasteiger partial charge in [0, 0.05) is 37.1 Å². The highest BCUT2D eigenvalue weighted by Crippen LogP contribution is 2.16. The molecule has 1 aromatic carbocycles. The number of morpholine rings is 1. The maximum absolute atomic E-state index is 8.84. The predicted octanol–water partition coefficient (Wildman–Crippen LogP) is 2.17. The van der Waals surface area contributed by atoms with E-state index in [0.717, 1.165) is 30.3 Å². The summed E-state index contributed by atoms with van der Waals surface area (Å²) in [5, 5.41) is 23.8. The smallest absolute Gasteiger partial charge is 0.170 e. The normalized spacial score (nSPS) is 19.4. The fourth-order valence-electron chi connectivity index (χ4n) is 3.35. The SMILES string of the molecule is C[C@@H]1CN(C(=NC(=N)c2ccc(NC(=S)NCCO)cc2)c2ccc[nH]2)C[C@H](C)O1. The lowest BCUT2D eigenvalue weighted by Gasteiger charge is -2.37. The van der Waals surface area contributed by atoms with Gasteiger partial charge in [-0.1, -0.05) is 0 Å². The van der Waals surface area contributed by atoms with Crippen molar-refractivity contribution in [2.75, 3.05) is 31.6 Å². The third-order valence-electron chi connectivity index (χ3n) is 4.59. The molecule has 2 heterocycles. The lowest BCUT2D eigenvalue weighted by atomic mass is 10.2. The van der Waals surface area contributed by atoms with Crippen molar-refractivity contribution in [3.05, 3.63) is 53.9 Å². The second-order valence-electron chi connectivity index (χ2n) is 7.21. The van der Waals surface area contributed by atoms with Crippen LogP contribution in [0.5, 0.6) is 0 Å². The van der Waals surface area contributed by atoms with Crippen LogP contribution in [-0.4, -0.2) is 70.2 Å². The summed E-state index contributed by atoms with van der Waals surface area (Å²) < 4.78 is 5.85. The molecule has 1 fully saturated rings. The zero-order valence-electron chi connectivity index (χ0n) is 17.2. The zero-order chi connectivity index (χ0) is 21.5. The average Bonchev–Trinajstić information content (AvgIpc) is 3.24. The highest BCUT2D eigenvalue weighted by atomic mass is 32.1. The lowest BCUT2D eigenvalue weighted by Crippen LogP contribution is -2.48. The monoisotopic (exact) mass is 428 g/mol. The summed E-state index contributed by atoms with van der Waals surface area (Å²) >= 11 is 5.16. The molecule has 160 valence electrons. The molecular weight excluding hydrogens is 400 g/mol. The molecule has 1 saturated heterocycles. The lowest BCUT2D eigenvalue weighted by molar-refractivity contribution is -0.0478. The van der Waals surface area contributed by atoms with E-state index in [-0.39, 0.29) is 24.7 Å². The summed E-state index contributed by atoms with van der Waals surface area (Å²) in [7, 11) is 0. The maximum atomic E-state index is 8.84. The number of ether oxygens (including phenoxy) is 1. The van der Waals surface area contributed by atoms with Crippen molar-refractivity contribution in [3.63, 3.8) is 0 Å². The van der Waals surface area contributed by atoms with Crippen LogP contribution in [0.1, 0.15) is 25.1 Å². The Kier molecular flexibility index (Phi) is 7.56. The van der Waals surface area contributed by atoms with Gasteiger partial charge in [-0.3, -0.25) is 5.41 Å². The zero-order valence-corrected chi connectivity index (χ0v) is 18.0. The van der Waals surface area contributed by atoms with Gasteiger partial charge in [0.05, 0.1) is 24.5 Å². The molecule has 1 aliphatic rings. The number of thiocarbonyl (C=S) groups is 1. The minimum atomic E-state index is 0.0137. The molecule has 0 unspecified atom stereocenters. The molecule has 2 aromatic rings. The number of rotatable bonds is 5. The number of aromatic amines is 1. The van der Waals surface area contributed by atoms with Crippen LogP contribution < -0.4 is 10.6 Å². The fraction of sp³-hybridized carbons (Fsp3) is 0.381. The Hall–Kier alpha value is -2.75. The predicted molar refractivity (Wildman–Crippen MR) is 123 cm³/mol. The second kappa shape index (κ2) is 10.3. The van der Waals surface area contributed by atoms with E-state index < -0.39 is 0 Å². The minimum absolute atomic E-state index is 0.0137. The molecule has 0 amide bonds. The molecule has 3 rings (SSSR count). The third-order valence-corrected chi connectivity index (χ3v) is 4.84. The number of aliphatic hydroxyl groups excluding tert-OH is 1. The van der Waals surface area contributed by atoms with Crippen LogP contribution in [-0.2, 0) is 4.74 Å². The van der Waals surface area contributed by atoms with Gasteiger partial charge in [-0.2, -0.15) is 0 Å².